The summed E-state index contributed by atoms with van der Waals surface area (Å²) in [6, 6.07) is 9.63. The highest BCUT2D eigenvalue weighted by Crippen LogP contribution is 2.38. The molecule has 0 aliphatic carbocycles. The monoisotopic (exact) mass is 505 g/mol. The van der Waals surface area contributed by atoms with Crippen molar-refractivity contribution >= 4 is 7.82 Å². The first-order valence-corrected chi connectivity index (χ1v) is 12.2. The summed E-state index contributed by atoms with van der Waals surface area (Å²) < 4.78 is 61.6. The van der Waals surface area contributed by atoms with Crippen LogP contribution >= 0.6 is 7.82 Å². The van der Waals surface area contributed by atoms with E-state index in [1.165, 1.54) is 12.1 Å². The van der Waals surface area contributed by atoms with Crippen molar-refractivity contribution in [3.63, 3.8) is 0 Å². The summed E-state index contributed by atoms with van der Waals surface area (Å²) in [6.45, 7) is 2.82. The molecular formula is C23H31F3NO6P. The minimum atomic E-state index is -4.80. The summed E-state index contributed by atoms with van der Waals surface area (Å²) in [6.07, 6.45) is -3.44. The van der Waals surface area contributed by atoms with Crippen LogP contribution in [0.15, 0.2) is 36.4 Å². The Morgan fingerprint density at radius 2 is 1.79 bits per heavy atom. The fourth-order valence-corrected chi connectivity index (χ4v) is 3.84. The number of phosphoric acid groups is 1. The van der Waals surface area contributed by atoms with E-state index in [4.69, 9.17) is 20.3 Å². The quantitative estimate of drug-likeness (QED) is 0.253. The van der Waals surface area contributed by atoms with E-state index in [0.717, 1.165) is 22.8 Å². The molecule has 2 rings (SSSR count). The first kappa shape index (κ1) is 28.3. The minimum Gasteiger partial charge on any atom is -0.493 e. The molecule has 0 heterocycles. The SMILES string of the molecule is Cc1cccc(CCCOc2ccc(CCC(N)(CO)COP(=O)(O)O)cc2C(F)(F)F)c1C. The van der Waals surface area contributed by atoms with Crippen LogP contribution in [0.1, 0.15) is 40.7 Å². The van der Waals surface area contributed by atoms with Gasteiger partial charge in [-0.2, -0.15) is 13.2 Å². The molecule has 2 aromatic rings. The average molecular weight is 505 g/mol. The highest BCUT2D eigenvalue weighted by molar-refractivity contribution is 7.46. The smallest absolute Gasteiger partial charge is 0.469 e. The van der Waals surface area contributed by atoms with Crippen LogP contribution in [0.5, 0.6) is 5.75 Å². The number of alkyl halides is 3. The molecule has 1 unspecified atom stereocenters. The van der Waals surface area contributed by atoms with Crippen molar-refractivity contribution < 1.29 is 41.9 Å². The number of benzene rings is 2. The van der Waals surface area contributed by atoms with Gasteiger partial charge in [0.15, 0.2) is 0 Å². The van der Waals surface area contributed by atoms with Crippen molar-refractivity contribution in [2.75, 3.05) is 19.8 Å². The van der Waals surface area contributed by atoms with Crippen molar-refractivity contribution in [3.05, 3.63) is 64.2 Å². The highest BCUT2D eigenvalue weighted by atomic mass is 31.2. The lowest BCUT2D eigenvalue weighted by Crippen LogP contribution is -2.48. The van der Waals surface area contributed by atoms with Crippen molar-refractivity contribution in [2.24, 2.45) is 5.73 Å². The third-order valence-electron chi connectivity index (χ3n) is 5.66. The third-order valence-corrected chi connectivity index (χ3v) is 6.13. The molecule has 1 atom stereocenters. The Labute approximate surface area is 196 Å². The van der Waals surface area contributed by atoms with Crippen molar-refractivity contribution in [1.82, 2.24) is 0 Å². The molecule has 11 heteroatoms. The molecule has 7 nitrogen and oxygen atoms in total. The van der Waals surface area contributed by atoms with Crippen LogP contribution in [0.4, 0.5) is 13.2 Å². The van der Waals surface area contributed by atoms with E-state index < -0.39 is 38.3 Å². The van der Waals surface area contributed by atoms with Gasteiger partial charge in [0.1, 0.15) is 5.75 Å². The second-order valence-corrected chi connectivity index (χ2v) is 9.66. The molecule has 0 saturated heterocycles. The molecule has 0 saturated carbocycles. The van der Waals surface area contributed by atoms with E-state index in [0.29, 0.717) is 12.8 Å². The highest BCUT2D eigenvalue weighted by Gasteiger charge is 2.35. The van der Waals surface area contributed by atoms with Crippen LogP contribution in [0.2, 0.25) is 0 Å². The Hall–Kier alpha value is -1.94. The first-order valence-electron chi connectivity index (χ1n) is 10.7. The Morgan fingerprint density at radius 1 is 1.09 bits per heavy atom. The molecule has 0 radical (unpaired) electrons. The lowest BCUT2D eigenvalue weighted by Gasteiger charge is -2.27. The van der Waals surface area contributed by atoms with Crippen LogP contribution in [-0.4, -0.2) is 40.3 Å². The molecule has 0 fully saturated rings. The van der Waals surface area contributed by atoms with Crippen LogP contribution in [0.3, 0.4) is 0 Å². The zero-order valence-corrected chi connectivity index (χ0v) is 20.0. The van der Waals surface area contributed by atoms with E-state index in [-0.39, 0.29) is 30.8 Å². The maximum atomic E-state index is 13.6. The second kappa shape index (κ2) is 11.7. The van der Waals surface area contributed by atoms with Crippen LogP contribution in [0.25, 0.3) is 0 Å². The van der Waals surface area contributed by atoms with Gasteiger partial charge >= 0.3 is 14.0 Å². The van der Waals surface area contributed by atoms with Gasteiger partial charge in [0.2, 0.25) is 0 Å². The molecule has 0 aliphatic heterocycles. The van der Waals surface area contributed by atoms with Crippen molar-refractivity contribution in [3.8, 4) is 5.75 Å². The molecule has 5 N–H and O–H groups in total. The van der Waals surface area contributed by atoms with Gasteiger partial charge in [-0.3, -0.25) is 4.52 Å². The van der Waals surface area contributed by atoms with Gasteiger partial charge in [-0.1, -0.05) is 24.3 Å². The summed E-state index contributed by atoms with van der Waals surface area (Å²) >= 11 is 0. The Bertz CT molecular complexity index is 1010. The predicted molar refractivity (Wildman–Crippen MR) is 121 cm³/mol. The van der Waals surface area contributed by atoms with Crippen LogP contribution in [-0.2, 0) is 28.1 Å². The minimum absolute atomic E-state index is 0.0254. The van der Waals surface area contributed by atoms with Crippen LogP contribution in [0, 0.1) is 13.8 Å². The summed E-state index contributed by atoms with van der Waals surface area (Å²) in [5, 5.41) is 9.47. The van der Waals surface area contributed by atoms with Gasteiger partial charge in [-0.05, 0) is 73.9 Å². The zero-order valence-electron chi connectivity index (χ0n) is 19.1. The number of phosphoric ester groups is 1. The van der Waals surface area contributed by atoms with Gasteiger partial charge in [0.25, 0.3) is 0 Å². The second-order valence-electron chi connectivity index (χ2n) is 8.42. The number of rotatable bonds is 12. The average Bonchev–Trinajstić information content (AvgIpc) is 2.76. The number of aryl methyl sites for hydroxylation is 3. The number of halogens is 3. The fraction of sp³-hybridized carbons (Fsp3) is 0.478. The molecule has 0 amide bonds. The van der Waals surface area contributed by atoms with E-state index in [1.54, 1.807) is 0 Å². The van der Waals surface area contributed by atoms with Gasteiger partial charge in [-0.15, -0.1) is 0 Å². The van der Waals surface area contributed by atoms with Gasteiger partial charge in [0, 0.05) is 0 Å². The molecular weight excluding hydrogens is 474 g/mol. The third kappa shape index (κ3) is 8.69. The standard InChI is InChI=1S/C23H31F3NO6P/c1-16-5-3-6-19(17(16)2)7-4-12-32-21-9-8-18(13-20(21)23(24,25)26)10-11-22(27,14-28)15-33-34(29,30)31/h3,5-6,8-9,13,28H,4,7,10-12,14-15,27H2,1-2H3,(H2,29,30,31). The van der Waals surface area contributed by atoms with Crippen molar-refractivity contribution in [2.45, 2.75) is 51.2 Å². The number of ether oxygens (including phenoxy) is 1. The lowest BCUT2D eigenvalue weighted by molar-refractivity contribution is -0.139. The Kier molecular flexibility index (Phi) is 9.71. The Balaban J connectivity index is 2.04. The first-order chi connectivity index (χ1) is 15.7. The number of hydrogen-bond donors (Lipinski definition) is 4. The van der Waals surface area contributed by atoms with E-state index in [2.05, 4.69) is 4.52 Å². The van der Waals surface area contributed by atoms with Gasteiger partial charge in [-0.25, -0.2) is 4.57 Å². The summed E-state index contributed by atoms with van der Waals surface area (Å²) in [4.78, 5) is 17.6. The maximum absolute atomic E-state index is 13.6. The van der Waals surface area contributed by atoms with E-state index in [9.17, 15) is 22.8 Å². The number of aliphatic hydroxyl groups excluding tert-OH is 1. The fourth-order valence-electron chi connectivity index (χ4n) is 3.41. The summed E-state index contributed by atoms with van der Waals surface area (Å²) in [7, 11) is -4.80. The lowest BCUT2D eigenvalue weighted by atomic mass is 9.93. The predicted octanol–water partition coefficient (Wildman–Crippen LogP) is 4.07. The summed E-state index contributed by atoms with van der Waals surface area (Å²) in [5.41, 5.74) is 7.18. The zero-order chi connectivity index (χ0) is 25.6. The molecule has 190 valence electrons. The molecule has 0 spiro atoms. The molecule has 0 aromatic heterocycles. The molecule has 34 heavy (non-hydrogen) atoms. The largest absolute Gasteiger partial charge is 0.493 e. The number of hydrogen-bond acceptors (Lipinski definition) is 5. The van der Waals surface area contributed by atoms with Gasteiger partial charge < -0.3 is 25.4 Å². The van der Waals surface area contributed by atoms with E-state index >= 15 is 0 Å². The number of aliphatic hydroxyl groups is 1. The number of nitrogens with two attached hydrogens (primary N) is 1. The normalized spacial score (nSPS) is 14.1. The Morgan fingerprint density at radius 3 is 2.41 bits per heavy atom. The van der Waals surface area contributed by atoms with Gasteiger partial charge in [0.05, 0.1) is 30.9 Å². The summed E-state index contributed by atoms with van der Waals surface area (Å²) in [5.74, 6) is -0.275. The molecule has 0 aliphatic rings. The van der Waals surface area contributed by atoms with Crippen LogP contribution < -0.4 is 10.5 Å². The molecule has 2 aromatic carbocycles. The molecule has 0 bridgehead atoms. The topological polar surface area (TPSA) is 122 Å². The van der Waals surface area contributed by atoms with E-state index in [1.807, 2.05) is 32.0 Å². The maximum Gasteiger partial charge on any atom is 0.469 e. The van der Waals surface area contributed by atoms with Crippen molar-refractivity contribution in [1.29, 1.82) is 0 Å².